The second-order valence-corrected chi connectivity index (χ2v) is 7.67. The van der Waals surface area contributed by atoms with Gasteiger partial charge in [0.25, 0.3) is 0 Å². The number of thioether (sulfide) groups is 1. The lowest BCUT2D eigenvalue weighted by Gasteiger charge is -2.35. The standard InChI is InChI=1S/C18H24FN5OS/c1-4-23-9-11-24(12-10-23)17(25)13(2)26-18-21-20-16(22(18)3)14-7-5-6-8-15(14)19/h5-8,13H,4,9-12H2,1-3H3/t13-/m1/s1. The van der Waals surface area contributed by atoms with E-state index in [1.54, 1.807) is 29.8 Å². The smallest absolute Gasteiger partial charge is 0.235 e. The minimum Gasteiger partial charge on any atom is -0.339 e. The van der Waals surface area contributed by atoms with E-state index in [1.807, 2.05) is 11.8 Å². The normalized spacial score (nSPS) is 16.7. The molecule has 0 aliphatic carbocycles. The third kappa shape index (κ3) is 3.91. The number of piperazine rings is 1. The summed E-state index contributed by atoms with van der Waals surface area (Å²) in [5.74, 6) is 0.237. The molecule has 1 aromatic carbocycles. The zero-order chi connectivity index (χ0) is 18.7. The Morgan fingerprint density at radius 1 is 1.23 bits per heavy atom. The van der Waals surface area contributed by atoms with Crippen molar-refractivity contribution in [1.29, 1.82) is 0 Å². The van der Waals surface area contributed by atoms with Crippen molar-refractivity contribution in [2.24, 2.45) is 7.05 Å². The summed E-state index contributed by atoms with van der Waals surface area (Å²) >= 11 is 1.36. The van der Waals surface area contributed by atoms with Crippen LogP contribution in [0.25, 0.3) is 11.4 Å². The number of hydrogen-bond acceptors (Lipinski definition) is 5. The van der Waals surface area contributed by atoms with Gasteiger partial charge in [0.05, 0.1) is 10.8 Å². The van der Waals surface area contributed by atoms with E-state index in [0.717, 1.165) is 32.7 Å². The van der Waals surface area contributed by atoms with Crippen LogP contribution < -0.4 is 0 Å². The lowest BCUT2D eigenvalue weighted by Crippen LogP contribution is -2.50. The van der Waals surface area contributed by atoms with E-state index in [-0.39, 0.29) is 17.0 Å². The minimum atomic E-state index is -0.336. The number of aromatic nitrogens is 3. The summed E-state index contributed by atoms with van der Waals surface area (Å²) in [4.78, 5) is 17.0. The molecule has 1 saturated heterocycles. The first-order chi connectivity index (χ1) is 12.5. The molecule has 26 heavy (non-hydrogen) atoms. The molecule has 1 atom stereocenters. The highest BCUT2D eigenvalue weighted by molar-refractivity contribution is 8.00. The molecule has 3 rings (SSSR count). The molecule has 1 amide bonds. The zero-order valence-electron chi connectivity index (χ0n) is 15.4. The van der Waals surface area contributed by atoms with Gasteiger partial charge in [0.15, 0.2) is 11.0 Å². The van der Waals surface area contributed by atoms with Crippen LogP contribution in [0.1, 0.15) is 13.8 Å². The topological polar surface area (TPSA) is 54.3 Å². The Bertz CT molecular complexity index is 773. The summed E-state index contributed by atoms with van der Waals surface area (Å²) in [6.07, 6.45) is 0. The Morgan fingerprint density at radius 2 is 1.92 bits per heavy atom. The Morgan fingerprint density at radius 3 is 2.58 bits per heavy atom. The maximum Gasteiger partial charge on any atom is 0.235 e. The second-order valence-electron chi connectivity index (χ2n) is 6.36. The number of carbonyl (C=O) groups is 1. The Balaban J connectivity index is 1.68. The number of rotatable bonds is 5. The summed E-state index contributed by atoms with van der Waals surface area (Å²) in [5, 5.41) is 8.61. The van der Waals surface area contributed by atoms with Gasteiger partial charge >= 0.3 is 0 Å². The van der Waals surface area contributed by atoms with Crippen molar-refractivity contribution in [2.75, 3.05) is 32.7 Å². The molecule has 0 radical (unpaired) electrons. The molecular weight excluding hydrogens is 353 g/mol. The van der Waals surface area contributed by atoms with Crippen LogP contribution in [0.4, 0.5) is 4.39 Å². The van der Waals surface area contributed by atoms with E-state index in [4.69, 9.17) is 0 Å². The van der Waals surface area contributed by atoms with Crippen LogP contribution in [0.2, 0.25) is 0 Å². The van der Waals surface area contributed by atoms with Gasteiger partial charge in [0.2, 0.25) is 5.91 Å². The first-order valence-electron chi connectivity index (χ1n) is 8.83. The third-order valence-corrected chi connectivity index (χ3v) is 5.83. The van der Waals surface area contributed by atoms with Crippen LogP contribution in [-0.2, 0) is 11.8 Å². The number of amides is 1. The van der Waals surface area contributed by atoms with Crippen molar-refractivity contribution in [1.82, 2.24) is 24.6 Å². The largest absolute Gasteiger partial charge is 0.339 e. The maximum atomic E-state index is 14.0. The fourth-order valence-electron chi connectivity index (χ4n) is 3.04. The highest BCUT2D eigenvalue weighted by Crippen LogP contribution is 2.27. The number of benzene rings is 1. The molecule has 1 aromatic heterocycles. The average molecular weight is 377 g/mol. The van der Waals surface area contributed by atoms with Gasteiger partial charge in [0.1, 0.15) is 5.82 Å². The highest BCUT2D eigenvalue weighted by atomic mass is 32.2. The number of halogens is 1. The van der Waals surface area contributed by atoms with E-state index in [9.17, 15) is 9.18 Å². The monoisotopic (exact) mass is 377 g/mol. The Hall–Kier alpha value is -1.93. The van der Waals surface area contributed by atoms with Gasteiger partial charge in [-0.2, -0.15) is 0 Å². The van der Waals surface area contributed by atoms with Crippen LogP contribution in [0.5, 0.6) is 0 Å². The SMILES string of the molecule is CCN1CCN(C(=O)[C@@H](C)Sc2nnc(-c3ccccc3F)n2C)CC1. The number of carbonyl (C=O) groups excluding carboxylic acids is 1. The van der Waals surface area contributed by atoms with E-state index in [1.165, 1.54) is 17.8 Å². The van der Waals surface area contributed by atoms with Crippen LogP contribution >= 0.6 is 11.8 Å². The molecule has 0 N–H and O–H groups in total. The first-order valence-corrected chi connectivity index (χ1v) is 9.71. The Kier molecular flexibility index (Phi) is 5.93. The molecular formula is C18H24FN5OS. The van der Waals surface area contributed by atoms with E-state index < -0.39 is 0 Å². The van der Waals surface area contributed by atoms with Crippen molar-refractivity contribution < 1.29 is 9.18 Å². The van der Waals surface area contributed by atoms with Crippen molar-refractivity contribution in [3.8, 4) is 11.4 Å². The fraction of sp³-hybridized carbons (Fsp3) is 0.500. The molecule has 8 heteroatoms. The summed E-state index contributed by atoms with van der Waals surface area (Å²) < 4.78 is 15.7. The third-order valence-electron chi connectivity index (χ3n) is 4.71. The van der Waals surface area contributed by atoms with E-state index >= 15 is 0 Å². The van der Waals surface area contributed by atoms with Crippen molar-refractivity contribution in [3.05, 3.63) is 30.1 Å². The molecule has 0 saturated carbocycles. The zero-order valence-corrected chi connectivity index (χ0v) is 16.2. The van der Waals surface area contributed by atoms with Gasteiger partial charge in [-0.05, 0) is 25.6 Å². The minimum absolute atomic E-state index is 0.112. The van der Waals surface area contributed by atoms with Crippen LogP contribution in [0, 0.1) is 5.82 Å². The van der Waals surface area contributed by atoms with Crippen molar-refractivity contribution in [3.63, 3.8) is 0 Å². The highest BCUT2D eigenvalue weighted by Gasteiger charge is 2.26. The van der Waals surface area contributed by atoms with Crippen molar-refractivity contribution in [2.45, 2.75) is 24.3 Å². The molecule has 0 bridgehead atoms. The summed E-state index contributed by atoms with van der Waals surface area (Å²) in [6, 6.07) is 6.49. The lowest BCUT2D eigenvalue weighted by atomic mass is 10.2. The maximum absolute atomic E-state index is 14.0. The predicted molar refractivity (Wildman–Crippen MR) is 100 cm³/mol. The molecule has 1 fully saturated rings. The van der Waals surface area contributed by atoms with Gasteiger partial charge in [-0.15, -0.1) is 10.2 Å². The van der Waals surface area contributed by atoms with Gasteiger partial charge in [0, 0.05) is 33.2 Å². The van der Waals surface area contributed by atoms with Gasteiger partial charge in [-0.1, -0.05) is 30.8 Å². The van der Waals surface area contributed by atoms with Crippen LogP contribution in [0.15, 0.2) is 29.4 Å². The first kappa shape index (κ1) is 18.8. The molecule has 2 heterocycles. The van der Waals surface area contributed by atoms with Gasteiger partial charge in [-0.3, -0.25) is 4.79 Å². The van der Waals surface area contributed by atoms with Gasteiger partial charge in [-0.25, -0.2) is 4.39 Å². The number of likely N-dealkylation sites (N-methyl/N-ethyl adjacent to an activating group) is 1. The Labute approximate surface area is 157 Å². The van der Waals surface area contributed by atoms with E-state index in [2.05, 4.69) is 22.0 Å². The molecule has 140 valence electrons. The van der Waals surface area contributed by atoms with Gasteiger partial charge < -0.3 is 14.4 Å². The molecule has 0 unspecified atom stereocenters. The van der Waals surface area contributed by atoms with E-state index in [0.29, 0.717) is 16.5 Å². The molecule has 1 aliphatic heterocycles. The van der Waals surface area contributed by atoms with Crippen LogP contribution in [-0.4, -0.2) is 68.4 Å². The fourth-order valence-corrected chi connectivity index (χ4v) is 3.94. The summed E-state index contributed by atoms with van der Waals surface area (Å²) in [6.45, 7) is 8.40. The summed E-state index contributed by atoms with van der Waals surface area (Å²) in [5.41, 5.74) is 0.406. The molecule has 6 nitrogen and oxygen atoms in total. The second kappa shape index (κ2) is 8.18. The van der Waals surface area contributed by atoms with Crippen LogP contribution in [0.3, 0.4) is 0 Å². The number of hydrogen-bond donors (Lipinski definition) is 0. The summed E-state index contributed by atoms with van der Waals surface area (Å²) in [7, 11) is 1.79. The quantitative estimate of drug-likeness (QED) is 0.748. The average Bonchev–Trinajstić information content (AvgIpc) is 3.02. The van der Waals surface area contributed by atoms with Crippen molar-refractivity contribution >= 4 is 17.7 Å². The molecule has 1 aliphatic rings. The molecule has 0 spiro atoms. The predicted octanol–water partition coefficient (Wildman–Crippen LogP) is 2.27. The number of nitrogens with zero attached hydrogens (tertiary/aromatic N) is 5. The lowest BCUT2D eigenvalue weighted by molar-refractivity contribution is -0.132. The molecule has 2 aromatic rings.